The van der Waals surface area contributed by atoms with Gasteiger partial charge in [0.2, 0.25) is 5.91 Å². The van der Waals surface area contributed by atoms with E-state index in [0.717, 1.165) is 5.56 Å². The van der Waals surface area contributed by atoms with Gasteiger partial charge in [0.1, 0.15) is 0 Å². The van der Waals surface area contributed by atoms with E-state index in [1.54, 1.807) is 24.3 Å². The van der Waals surface area contributed by atoms with Crippen LogP contribution in [0.5, 0.6) is 0 Å². The fourth-order valence-electron chi connectivity index (χ4n) is 2.06. The Morgan fingerprint density at radius 2 is 1.55 bits per heavy atom. The van der Waals surface area contributed by atoms with Crippen LogP contribution < -0.4 is 5.32 Å². The standard InChI is InChI=1S/C17H17NO2/c1-12(14-6-4-3-5-7-14)17(20)15-8-10-16(11-9-15)18-13(2)19/h3-12H,1-2H3,(H,18,19). The van der Waals surface area contributed by atoms with Gasteiger partial charge in [-0.3, -0.25) is 9.59 Å². The zero-order chi connectivity index (χ0) is 14.5. The van der Waals surface area contributed by atoms with Gasteiger partial charge >= 0.3 is 0 Å². The summed E-state index contributed by atoms with van der Waals surface area (Å²) >= 11 is 0. The van der Waals surface area contributed by atoms with Gasteiger partial charge in [-0.05, 0) is 29.8 Å². The summed E-state index contributed by atoms with van der Waals surface area (Å²) in [5.74, 6) is -0.227. The molecule has 0 fully saturated rings. The topological polar surface area (TPSA) is 46.2 Å². The molecule has 0 bridgehead atoms. The first-order valence-corrected chi connectivity index (χ1v) is 6.54. The number of hydrogen-bond donors (Lipinski definition) is 1. The van der Waals surface area contributed by atoms with Crippen molar-refractivity contribution in [3.63, 3.8) is 0 Å². The number of carbonyl (C=O) groups excluding carboxylic acids is 2. The Balaban J connectivity index is 2.15. The molecule has 0 saturated carbocycles. The van der Waals surface area contributed by atoms with Crippen LogP contribution in [0, 0.1) is 0 Å². The normalized spacial score (nSPS) is 11.7. The summed E-state index contributed by atoms with van der Waals surface area (Å²) in [6.07, 6.45) is 0. The van der Waals surface area contributed by atoms with Gasteiger partial charge in [0.25, 0.3) is 0 Å². The summed E-state index contributed by atoms with van der Waals surface area (Å²) in [6.45, 7) is 3.36. The molecule has 1 atom stereocenters. The minimum Gasteiger partial charge on any atom is -0.326 e. The predicted molar refractivity (Wildman–Crippen MR) is 79.9 cm³/mol. The van der Waals surface area contributed by atoms with Crippen molar-refractivity contribution in [1.29, 1.82) is 0 Å². The number of nitrogens with one attached hydrogen (secondary N) is 1. The van der Waals surface area contributed by atoms with E-state index in [0.29, 0.717) is 11.3 Å². The summed E-state index contributed by atoms with van der Waals surface area (Å²) in [6, 6.07) is 16.7. The summed E-state index contributed by atoms with van der Waals surface area (Å²) in [7, 11) is 0. The third kappa shape index (κ3) is 3.32. The van der Waals surface area contributed by atoms with Gasteiger partial charge in [-0.25, -0.2) is 0 Å². The van der Waals surface area contributed by atoms with Crippen molar-refractivity contribution in [1.82, 2.24) is 0 Å². The van der Waals surface area contributed by atoms with Crippen molar-refractivity contribution in [3.05, 3.63) is 65.7 Å². The smallest absolute Gasteiger partial charge is 0.221 e. The Labute approximate surface area is 118 Å². The van der Waals surface area contributed by atoms with Gasteiger partial charge in [-0.2, -0.15) is 0 Å². The van der Waals surface area contributed by atoms with E-state index >= 15 is 0 Å². The van der Waals surface area contributed by atoms with Crippen molar-refractivity contribution in [2.24, 2.45) is 0 Å². The third-order valence-electron chi connectivity index (χ3n) is 3.18. The number of rotatable bonds is 4. The molecule has 0 aliphatic carbocycles. The maximum absolute atomic E-state index is 12.4. The second-order valence-corrected chi connectivity index (χ2v) is 4.76. The van der Waals surface area contributed by atoms with E-state index in [1.807, 2.05) is 37.3 Å². The third-order valence-corrected chi connectivity index (χ3v) is 3.18. The van der Waals surface area contributed by atoms with E-state index in [9.17, 15) is 9.59 Å². The number of amides is 1. The molecule has 0 aliphatic rings. The van der Waals surface area contributed by atoms with Gasteiger partial charge in [-0.15, -0.1) is 0 Å². The monoisotopic (exact) mass is 267 g/mol. The van der Waals surface area contributed by atoms with E-state index in [4.69, 9.17) is 0 Å². The maximum Gasteiger partial charge on any atom is 0.221 e. The van der Waals surface area contributed by atoms with Crippen LogP contribution in [-0.2, 0) is 4.79 Å². The molecule has 1 amide bonds. The zero-order valence-corrected chi connectivity index (χ0v) is 11.6. The average Bonchev–Trinajstić information content (AvgIpc) is 2.47. The molecule has 20 heavy (non-hydrogen) atoms. The molecule has 2 aromatic carbocycles. The summed E-state index contributed by atoms with van der Waals surface area (Å²) in [5.41, 5.74) is 2.35. The molecule has 0 spiro atoms. The van der Waals surface area contributed by atoms with Gasteiger partial charge in [-0.1, -0.05) is 37.3 Å². The molecule has 0 saturated heterocycles. The SMILES string of the molecule is CC(=O)Nc1ccc(C(=O)C(C)c2ccccc2)cc1. The van der Waals surface area contributed by atoms with Gasteiger partial charge in [0, 0.05) is 24.1 Å². The lowest BCUT2D eigenvalue weighted by Gasteiger charge is -2.11. The first-order valence-electron chi connectivity index (χ1n) is 6.54. The van der Waals surface area contributed by atoms with Crippen LogP contribution in [0.4, 0.5) is 5.69 Å². The van der Waals surface area contributed by atoms with Crippen LogP contribution >= 0.6 is 0 Å². The molecule has 2 rings (SSSR count). The van der Waals surface area contributed by atoms with E-state index < -0.39 is 0 Å². The molecule has 0 radical (unpaired) electrons. The molecule has 1 N–H and O–H groups in total. The van der Waals surface area contributed by atoms with Gasteiger partial charge in [0.15, 0.2) is 5.78 Å². The molecule has 3 nitrogen and oxygen atoms in total. The van der Waals surface area contributed by atoms with Crippen LogP contribution in [-0.4, -0.2) is 11.7 Å². The fraction of sp³-hybridized carbons (Fsp3) is 0.176. The quantitative estimate of drug-likeness (QED) is 0.860. The second kappa shape index (κ2) is 6.15. The Bertz CT molecular complexity index is 603. The largest absolute Gasteiger partial charge is 0.326 e. The molecule has 0 aliphatic heterocycles. The van der Waals surface area contributed by atoms with E-state index in [1.165, 1.54) is 6.92 Å². The number of Topliss-reactive ketones (excluding diaryl/α,β-unsaturated/α-hetero) is 1. The first kappa shape index (κ1) is 14.0. The maximum atomic E-state index is 12.4. The van der Waals surface area contributed by atoms with Crippen LogP contribution in [0.15, 0.2) is 54.6 Å². The van der Waals surface area contributed by atoms with Crippen LogP contribution in [0.25, 0.3) is 0 Å². The summed E-state index contributed by atoms with van der Waals surface area (Å²) in [5, 5.41) is 2.68. The minimum absolute atomic E-state index is 0.0746. The van der Waals surface area contributed by atoms with Crippen molar-refractivity contribution in [3.8, 4) is 0 Å². The molecule has 1 unspecified atom stereocenters. The molecule has 0 aromatic heterocycles. The molecular formula is C17H17NO2. The average molecular weight is 267 g/mol. The predicted octanol–water partition coefficient (Wildman–Crippen LogP) is 3.63. The highest BCUT2D eigenvalue weighted by atomic mass is 16.1. The summed E-state index contributed by atoms with van der Waals surface area (Å²) < 4.78 is 0. The lowest BCUT2D eigenvalue weighted by molar-refractivity contribution is -0.114. The number of ketones is 1. The van der Waals surface area contributed by atoms with Gasteiger partial charge in [0.05, 0.1) is 0 Å². The van der Waals surface area contributed by atoms with Crippen molar-refractivity contribution in [2.45, 2.75) is 19.8 Å². The number of hydrogen-bond acceptors (Lipinski definition) is 2. The molecule has 2 aromatic rings. The highest BCUT2D eigenvalue weighted by Gasteiger charge is 2.16. The van der Waals surface area contributed by atoms with Crippen LogP contribution in [0.1, 0.15) is 35.7 Å². The van der Waals surface area contributed by atoms with Gasteiger partial charge < -0.3 is 5.32 Å². The Morgan fingerprint density at radius 1 is 0.950 bits per heavy atom. The van der Waals surface area contributed by atoms with Crippen molar-refractivity contribution < 1.29 is 9.59 Å². The first-order chi connectivity index (χ1) is 9.58. The van der Waals surface area contributed by atoms with Crippen molar-refractivity contribution >= 4 is 17.4 Å². The number of benzene rings is 2. The molecule has 0 heterocycles. The van der Waals surface area contributed by atoms with Crippen LogP contribution in [0.3, 0.4) is 0 Å². The highest BCUT2D eigenvalue weighted by molar-refractivity contribution is 6.01. The van der Waals surface area contributed by atoms with Crippen molar-refractivity contribution in [2.75, 3.05) is 5.32 Å². The Morgan fingerprint density at radius 3 is 2.10 bits per heavy atom. The second-order valence-electron chi connectivity index (χ2n) is 4.76. The number of carbonyl (C=O) groups is 2. The minimum atomic E-state index is -0.178. The lowest BCUT2D eigenvalue weighted by Crippen LogP contribution is -2.10. The zero-order valence-electron chi connectivity index (χ0n) is 11.6. The Kier molecular flexibility index (Phi) is 4.31. The number of anilines is 1. The molecule has 3 heteroatoms. The Hall–Kier alpha value is -2.42. The van der Waals surface area contributed by atoms with Crippen LogP contribution in [0.2, 0.25) is 0 Å². The molecular weight excluding hydrogens is 250 g/mol. The fourth-order valence-corrected chi connectivity index (χ4v) is 2.06. The van der Waals surface area contributed by atoms with E-state index in [-0.39, 0.29) is 17.6 Å². The molecule has 102 valence electrons. The lowest BCUT2D eigenvalue weighted by atomic mass is 9.92. The van der Waals surface area contributed by atoms with E-state index in [2.05, 4.69) is 5.32 Å². The summed E-state index contributed by atoms with van der Waals surface area (Å²) in [4.78, 5) is 23.3. The highest BCUT2D eigenvalue weighted by Crippen LogP contribution is 2.21.